The Kier molecular flexibility index (Phi) is 5.58. The van der Waals surface area contributed by atoms with Crippen molar-refractivity contribution >= 4 is 23.4 Å². The van der Waals surface area contributed by atoms with Gasteiger partial charge in [0.15, 0.2) is 0 Å². The van der Waals surface area contributed by atoms with E-state index in [1.165, 1.54) is 6.92 Å². The van der Waals surface area contributed by atoms with E-state index in [2.05, 4.69) is 15.5 Å². The zero-order valence-corrected chi connectivity index (χ0v) is 13.6. The van der Waals surface area contributed by atoms with Gasteiger partial charge < -0.3 is 15.9 Å². The topological polar surface area (TPSA) is 112 Å². The Morgan fingerprint density at radius 1 is 1.35 bits per heavy atom. The van der Waals surface area contributed by atoms with Crippen molar-refractivity contribution in [3.8, 4) is 5.75 Å². The maximum atomic E-state index is 11.9. The fourth-order valence-corrected chi connectivity index (χ4v) is 2.35. The van der Waals surface area contributed by atoms with Crippen LogP contribution in [0.25, 0.3) is 0 Å². The minimum atomic E-state index is -0.436. The number of amides is 1. The minimum absolute atomic E-state index is 0.0571. The van der Waals surface area contributed by atoms with Crippen molar-refractivity contribution in [1.82, 2.24) is 14.9 Å². The van der Waals surface area contributed by atoms with Crippen molar-refractivity contribution in [2.75, 3.05) is 23.5 Å². The van der Waals surface area contributed by atoms with Gasteiger partial charge in [-0.05, 0) is 38.1 Å². The summed E-state index contributed by atoms with van der Waals surface area (Å²) in [4.78, 5) is 23.5. The van der Waals surface area contributed by atoms with Crippen molar-refractivity contribution in [3.05, 3.63) is 40.3 Å². The molecule has 9 heteroatoms. The van der Waals surface area contributed by atoms with Crippen LogP contribution in [0.4, 0.5) is 5.69 Å². The third-order valence-electron chi connectivity index (χ3n) is 2.80. The standard InChI is InChI=1S/C14H17N5O3S/c1-3-22-11-6-4-10(5-7-11)16-12(20)8-23-14-18-17-9(2)13(21)19(14)15/h4-7H,3,8,15H2,1-2H3,(H,16,20). The van der Waals surface area contributed by atoms with Crippen LogP contribution in [0.2, 0.25) is 0 Å². The van der Waals surface area contributed by atoms with Crippen molar-refractivity contribution in [3.63, 3.8) is 0 Å². The summed E-state index contributed by atoms with van der Waals surface area (Å²) < 4.78 is 6.21. The quantitative estimate of drug-likeness (QED) is 0.593. The number of thioether (sulfide) groups is 1. The van der Waals surface area contributed by atoms with Gasteiger partial charge in [-0.3, -0.25) is 9.59 Å². The van der Waals surface area contributed by atoms with Crippen LogP contribution in [0.3, 0.4) is 0 Å². The smallest absolute Gasteiger partial charge is 0.294 e. The molecule has 0 atom stereocenters. The number of hydrogen-bond acceptors (Lipinski definition) is 7. The Morgan fingerprint density at radius 2 is 2.04 bits per heavy atom. The summed E-state index contributed by atoms with van der Waals surface area (Å²) in [6.07, 6.45) is 0. The molecule has 1 aromatic carbocycles. The van der Waals surface area contributed by atoms with E-state index in [-0.39, 0.29) is 22.5 Å². The monoisotopic (exact) mass is 335 g/mol. The highest BCUT2D eigenvalue weighted by molar-refractivity contribution is 7.99. The second kappa shape index (κ2) is 7.63. The van der Waals surface area contributed by atoms with Gasteiger partial charge in [0.05, 0.1) is 12.4 Å². The molecule has 3 N–H and O–H groups in total. The summed E-state index contributed by atoms with van der Waals surface area (Å²) in [5.74, 6) is 6.16. The molecule has 0 saturated heterocycles. The molecule has 0 bridgehead atoms. The summed E-state index contributed by atoms with van der Waals surface area (Å²) in [5.41, 5.74) is 0.421. The first-order valence-corrected chi connectivity index (χ1v) is 7.86. The molecule has 0 spiro atoms. The van der Waals surface area contributed by atoms with Crippen molar-refractivity contribution in [2.45, 2.75) is 19.0 Å². The highest BCUT2D eigenvalue weighted by Crippen LogP contribution is 2.17. The Balaban J connectivity index is 1.92. The molecule has 2 aromatic rings. The number of carbonyl (C=O) groups is 1. The van der Waals surface area contributed by atoms with Crippen LogP contribution < -0.4 is 21.5 Å². The maximum absolute atomic E-state index is 11.9. The SMILES string of the molecule is CCOc1ccc(NC(=O)CSc2nnc(C)c(=O)n2N)cc1. The van der Waals surface area contributed by atoms with Gasteiger partial charge in [0.1, 0.15) is 11.4 Å². The zero-order chi connectivity index (χ0) is 16.8. The molecular weight excluding hydrogens is 318 g/mol. The highest BCUT2D eigenvalue weighted by Gasteiger charge is 2.10. The van der Waals surface area contributed by atoms with E-state index in [4.69, 9.17) is 10.6 Å². The number of nitrogens with one attached hydrogen (secondary N) is 1. The van der Waals surface area contributed by atoms with Crippen LogP contribution in [-0.4, -0.2) is 33.1 Å². The van der Waals surface area contributed by atoms with Gasteiger partial charge >= 0.3 is 0 Å². The summed E-state index contributed by atoms with van der Waals surface area (Å²) in [6.45, 7) is 4.00. The molecule has 1 aromatic heterocycles. The molecule has 2 rings (SSSR count). The lowest BCUT2D eigenvalue weighted by molar-refractivity contribution is -0.113. The Bertz CT molecular complexity index is 745. The fraction of sp³-hybridized carbons (Fsp3) is 0.286. The number of nitrogens with zero attached hydrogens (tertiary/aromatic N) is 3. The van der Waals surface area contributed by atoms with E-state index in [1.54, 1.807) is 24.3 Å². The first kappa shape index (κ1) is 16.8. The Hall–Kier alpha value is -2.55. The molecule has 122 valence electrons. The molecule has 1 heterocycles. The summed E-state index contributed by atoms with van der Waals surface area (Å²) in [6, 6.07) is 7.04. The second-order valence-electron chi connectivity index (χ2n) is 4.54. The molecule has 0 fully saturated rings. The molecular formula is C14H17N5O3S. The number of ether oxygens (including phenoxy) is 1. The van der Waals surface area contributed by atoms with Crippen molar-refractivity contribution in [1.29, 1.82) is 0 Å². The number of aryl methyl sites for hydroxylation is 1. The number of hydrogen-bond donors (Lipinski definition) is 2. The summed E-state index contributed by atoms with van der Waals surface area (Å²) in [7, 11) is 0. The third-order valence-corrected chi connectivity index (χ3v) is 3.74. The first-order chi connectivity index (χ1) is 11.0. The van der Waals surface area contributed by atoms with Gasteiger partial charge in [-0.1, -0.05) is 11.8 Å². The normalized spacial score (nSPS) is 10.3. The largest absolute Gasteiger partial charge is 0.494 e. The number of nitrogens with two attached hydrogens (primary N) is 1. The number of nitrogen functional groups attached to an aromatic ring is 1. The van der Waals surface area contributed by atoms with Crippen LogP contribution in [0, 0.1) is 6.92 Å². The van der Waals surface area contributed by atoms with E-state index >= 15 is 0 Å². The Morgan fingerprint density at radius 3 is 2.70 bits per heavy atom. The lowest BCUT2D eigenvalue weighted by Crippen LogP contribution is -2.32. The molecule has 0 radical (unpaired) electrons. The minimum Gasteiger partial charge on any atom is -0.494 e. The number of aromatic nitrogens is 3. The number of anilines is 1. The molecule has 0 aliphatic carbocycles. The summed E-state index contributed by atoms with van der Waals surface area (Å²) >= 11 is 1.04. The fourth-order valence-electron chi connectivity index (χ4n) is 1.70. The molecule has 8 nitrogen and oxygen atoms in total. The predicted octanol–water partition coefficient (Wildman–Crippen LogP) is 0.790. The molecule has 0 saturated carbocycles. The van der Waals surface area contributed by atoms with Gasteiger partial charge in [0, 0.05) is 5.69 Å². The number of carbonyl (C=O) groups excluding carboxylic acids is 1. The van der Waals surface area contributed by atoms with E-state index in [1.807, 2.05) is 6.92 Å². The van der Waals surface area contributed by atoms with Gasteiger partial charge in [-0.15, -0.1) is 10.2 Å². The molecule has 1 amide bonds. The average molecular weight is 335 g/mol. The van der Waals surface area contributed by atoms with Gasteiger partial charge in [0.2, 0.25) is 11.1 Å². The zero-order valence-electron chi connectivity index (χ0n) is 12.8. The van der Waals surface area contributed by atoms with Crippen molar-refractivity contribution < 1.29 is 9.53 Å². The number of benzene rings is 1. The lowest BCUT2D eigenvalue weighted by atomic mass is 10.3. The first-order valence-electron chi connectivity index (χ1n) is 6.88. The molecule has 23 heavy (non-hydrogen) atoms. The average Bonchev–Trinajstić information content (AvgIpc) is 2.54. The number of rotatable bonds is 6. The van der Waals surface area contributed by atoms with Crippen LogP contribution in [0.15, 0.2) is 34.2 Å². The Labute approximate surface area is 137 Å². The van der Waals surface area contributed by atoms with E-state index in [9.17, 15) is 9.59 Å². The second-order valence-corrected chi connectivity index (χ2v) is 5.48. The van der Waals surface area contributed by atoms with Crippen molar-refractivity contribution in [2.24, 2.45) is 0 Å². The summed E-state index contributed by atoms with van der Waals surface area (Å²) in [5, 5.41) is 10.4. The third kappa shape index (κ3) is 4.46. The van der Waals surface area contributed by atoms with Crippen LogP contribution >= 0.6 is 11.8 Å². The van der Waals surface area contributed by atoms with Gasteiger partial charge in [-0.25, -0.2) is 0 Å². The van der Waals surface area contributed by atoms with Gasteiger partial charge in [0.25, 0.3) is 5.56 Å². The molecule has 0 aliphatic rings. The van der Waals surface area contributed by atoms with E-state index < -0.39 is 5.56 Å². The maximum Gasteiger partial charge on any atom is 0.294 e. The van der Waals surface area contributed by atoms with Crippen LogP contribution in [0.1, 0.15) is 12.6 Å². The van der Waals surface area contributed by atoms with E-state index in [0.717, 1.165) is 22.2 Å². The van der Waals surface area contributed by atoms with Crippen LogP contribution in [-0.2, 0) is 4.79 Å². The highest BCUT2D eigenvalue weighted by atomic mass is 32.2. The van der Waals surface area contributed by atoms with E-state index in [0.29, 0.717) is 12.3 Å². The predicted molar refractivity (Wildman–Crippen MR) is 88.1 cm³/mol. The lowest BCUT2D eigenvalue weighted by Gasteiger charge is -2.08. The molecule has 0 unspecified atom stereocenters. The van der Waals surface area contributed by atoms with Crippen LogP contribution in [0.5, 0.6) is 5.75 Å². The molecule has 0 aliphatic heterocycles. The van der Waals surface area contributed by atoms with Gasteiger partial charge in [-0.2, -0.15) is 4.68 Å².